The summed E-state index contributed by atoms with van der Waals surface area (Å²) in [5, 5.41) is 0.487. The van der Waals surface area contributed by atoms with Crippen LogP contribution in [0, 0.1) is 6.92 Å². The quantitative estimate of drug-likeness (QED) is 0.769. The molecule has 0 spiro atoms. The van der Waals surface area contributed by atoms with E-state index >= 15 is 0 Å². The molecule has 2 atom stereocenters. The highest BCUT2D eigenvalue weighted by atomic mass is 32.2. The molecule has 1 amide bonds. The van der Waals surface area contributed by atoms with E-state index in [1.165, 1.54) is 17.3 Å². The molecule has 4 rings (SSSR count). The van der Waals surface area contributed by atoms with Crippen LogP contribution in [0.25, 0.3) is 0 Å². The van der Waals surface area contributed by atoms with Gasteiger partial charge >= 0.3 is 0 Å². The zero-order valence-electron chi connectivity index (χ0n) is 15.8. The molecule has 0 unspecified atom stereocenters. The van der Waals surface area contributed by atoms with Crippen LogP contribution in [0.5, 0.6) is 0 Å². The van der Waals surface area contributed by atoms with Crippen LogP contribution < -0.4 is 4.90 Å². The predicted octanol–water partition coefficient (Wildman–Crippen LogP) is 3.47. The van der Waals surface area contributed by atoms with E-state index in [0.29, 0.717) is 10.7 Å². The van der Waals surface area contributed by atoms with E-state index in [9.17, 15) is 13.2 Å². The van der Waals surface area contributed by atoms with Crippen molar-refractivity contribution in [1.29, 1.82) is 0 Å². The van der Waals surface area contributed by atoms with Gasteiger partial charge in [-0.1, -0.05) is 48.5 Å². The number of hydrogen-bond acceptors (Lipinski definition) is 4. The first-order chi connectivity index (χ1) is 13.4. The van der Waals surface area contributed by atoms with Gasteiger partial charge in [0.1, 0.15) is 0 Å². The molecule has 0 aromatic heterocycles. The van der Waals surface area contributed by atoms with Gasteiger partial charge in [0.05, 0.1) is 17.5 Å². The van der Waals surface area contributed by atoms with E-state index in [2.05, 4.69) is 11.9 Å². The molecule has 2 aliphatic rings. The largest absolute Gasteiger partial charge is 0.316 e. The van der Waals surface area contributed by atoms with E-state index in [1.54, 1.807) is 6.07 Å². The second-order valence-corrected chi connectivity index (χ2v) is 10.6. The van der Waals surface area contributed by atoms with Gasteiger partial charge in [-0.15, -0.1) is 0 Å². The number of thioether (sulfide) groups is 1. The molecular weight excluding hydrogens is 392 g/mol. The monoisotopic (exact) mass is 414 g/mol. The van der Waals surface area contributed by atoms with Gasteiger partial charge in [-0.3, -0.25) is 4.79 Å². The van der Waals surface area contributed by atoms with Crippen molar-refractivity contribution >= 4 is 38.4 Å². The number of aryl methyl sites for hydroxylation is 2. The molecule has 0 saturated carbocycles. The lowest BCUT2D eigenvalue weighted by Crippen LogP contribution is -2.37. The van der Waals surface area contributed by atoms with E-state index in [1.807, 2.05) is 54.3 Å². The molecule has 0 bridgehead atoms. The third-order valence-corrected chi connectivity index (χ3v) is 8.36. The highest BCUT2D eigenvalue weighted by Crippen LogP contribution is 2.41. The predicted molar refractivity (Wildman–Crippen MR) is 115 cm³/mol. The first kappa shape index (κ1) is 19.2. The number of carbonyl (C=O) groups is 1. The third-order valence-electron chi connectivity index (χ3n) is 5.15. The normalized spacial score (nSPS) is 24.5. The van der Waals surface area contributed by atoms with Crippen molar-refractivity contribution < 1.29 is 13.2 Å². The molecule has 2 aromatic carbocycles. The molecule has 2 saturated heterocycles. The molecule has 0 radical (unpaired) electrons. The number of carbonyl (C=O) groups excluding carboxylic acids is 1. The highest BCUT2D eigenvalue weighted by molar-refractivity contribution is 8.16. The lowest BCUT2D eigenvalue weighted by molar-refractivity contribution is 0.100. The Hall–Kier alpha value is -2.12. The number of fused-ring (bicyclic) bond motifs is 1. The van der Waals surface area contributed by atoms with Crippen molar-refractivity contribution in [2.75, 3.05) is 16.4 Å². The van der Waals surface area contributed by atoms with Gasteiger partial charge < -0.3 is 4.90 Å². The standard InChI is InChI=1S/C21H22N2O3S2/c1-3-15-7-9-17(10-8-15)23-18-12-28(25,26)13-19(18)27-21(23)22-20(24)16-6-4-5-14(2)11-16/h4-11,18-19H,3,12-13H2,1-2H3/t18-,19-/m0/s1. The average molecular weight is 415 g/mol. The first-order valence-electron chi connectivity index (χ1n) is 9.31. The van der Waals surface area contributed by atoms with Gasteiger partial charge in [-0.25, -0.2) is 8.42 Å². The zero-order valence-corrected chi connectivity index (χ0v) is 17.5. The Morgan fingerprint density at radius 1 is 1.18 bits per heavy atom. The third kappa shape index (κ3) is 3.73. The van der Waals surface area contributed by atoms with Crippen molar-refractivity contribution in [3.8, 4) is 0 Å². The van der Waals surface area contributed by atoms with Crippen LogP contribution in [0.15, 0.2) is 53.5 Å². The minimum atomic E-state index is -3.07. The maximum Gasteiger partial charge on any atom is 0.279 e. The number of hydrogen-bond donors (Lipinski definition) is 0. The number of aliphatic imine (C=N–C) groups is 1. The van der Waals surface area contributed by atoms with Gasteiger partial charge in [0.15, 0.2) is 15.0 Å². The van der Waals surface area contributed by atoms with Gasteiger partial charge in [0.2, 0.25) is 0 Å². The SMILES string of the molecule is CCc1ccc(N2C(=NC(=O)c3cccc(C)c3)S[C@H]3CS(=O)(=O)C[C@@H]32)cc1. The van der Waals surface area contributed by atoms with E-state index < -0.39 is 9.84 Å². The number of benzene rings is 2. The Bertz CT molecular complexity index is 1050. The summed E-state index contributed by atoms with van der Waals surface area (Å²) in [6, 6.07) is 15.2. The van der Waals surface area contributed by atoms with Gasteiger partial charge in [0.25, 0.3) is 5.91 Å². The minimum absolute atomic E-state index is 0.0951. The Labute approximate surface area is 169 Å². The number of sulfone groups is 1. The summed E-state index contributed by atoms with van der Waals surface area (Å²) in [6.07, 6.45) is 0.933. The van der Waals surface area contributed by atoms with Crippen LogP contribution in [0.1, 0.15) is 28.4 Å². The van der Waals surface area contributed by atoms with E-state index in [4.69, 9.17) is 0 Å². The van der Waals surface area contributed by atoms with Crippen LogP contribution in [0.2, 0.25) is 0 Å². The lowest BCUT2D eigenvalue weighted by Gasteiger charge is -2.24. The zero-order chi connectivity index (χ0) is 19.9. The number of amidine groups is 1. The minimum Gasteiger partial charge on any atom is -0.316 e. The molecule has 2 aromatic rings. The molecule has 5 nitrogen and oxygen atoms in total. The Morgan fingerprint density at radius 3 is 2.61 bits per heavy atom. The Balaban J connectivity index is 1.71. The maximum absolute atomic E-state index is 12.7. The molecule has 28 heavy (non-hydrogen) atoms. The Morgan fingerprint density at radius 2 is 1.93 bits per heavy atom. The highest BCUT2D eigenvalue weighted by Gasteiger charge is 2.49. The fourth-order valence-electron chi connectivity index (χ4n) is 3.69. The maximum atomic E-state index is 12.7. The molecule has 7 heteroatoms. The summed E-state index contributed by atoms with van der Waals surface area (Å²) in [5.41, 5.74) is 3.63. The van der Waals surface area contributed by atoms with Crippen molar-refractivity contribution in [3.63, 3.8) is 0 Å². The molecule has 0 N–H and O–H groups in total. The number of rotatable bonds is 3. The summed E-state index contributed by atoms with van der Waals surface area (Å²) in [6.45, 7) is 4.03. The summed E-state index contributed by atoms with van der Waals surface area (Å²) < 4.78 is 24.3. The molecule has 2 aliphatic heterocycles. The van der Waals surface area contributed by atoms with Crippen molar-refractivity contribution in [2.24, 2.45) is 4.99 Å². The number of anilines is 1. The molecule has 146 valence electrons. The topological polar surface area (TPSA) is 66.8 Å². The van der Waals surface area contributed by atoms with Crippen LogP contribution in [-0.2, 0) is 16.3 Å². The summed E-state index contributed by atoms with van der Waals surface area (Å²) >= 11 is 1.40. The fourth-order valence-corrected chi connectivity index (χ4v) is 7.60. The van der Waals surface area contributed by atoms with Crippen LogP contribution in [0.3, 0.4) is 0 Å². The summed E-state index contributed by atoms with van der Waals surface area (Å²) in [7, 11) is -3.07. The van der Waals surface area contributed by atoms with Gasteiger partial charge in [-0.05, 0) is 43.2 Å². The van der Waals surface area contributed by atoms with E-state index in [-0.39, 0.29) is 28.7 Å². The lowest BCUT2D eigenvalue weighted by atomic mass is 10.1. The Kier molecular flexibility index (Phi) is 5.05. The molecule has 0 aliphatic carbocycles. The van der Waals surface area contributed by atoms with Gasteiger partial charge in [0, 0.05) is 16.5 Å². The molecular formula is C21H22N2O3S2. The van der Waals surface area contributed by atoms with E-state index in [0.717, 1.165) is 17.7 Å². The fraction of sp³-hybridized carbons (Fsp3) is 0.333. The first-order valence-corrected chi connectivity index (χ1v) is 12.0. The van der Waals surface area contributed by atoms with Crippen molar-refractivity contribution in [1.82, 2.24) is 0 Å². The van der Waals surface area contributed by atoms with Crippen LogP contribution in [0.4, 0.5) is 5.69 Å². The average Bonchev–Trinajstić information content (AvgIpc) is 3.12. The molecule has 2 heterocycles. The van der Waals surface area contributed by atoms with Crippen molar-refractivity contribution in [2.45, 2.75) is 31.6 Å². The summed E-state index contributed by atoms with van der Waals surface area (Å²) in [4.78, 5) is 19.1. The number of amides is 1. The van der Waals surface area contributed by atoms with Crippen LogP contribution >= 0.6 is 11.8 Å². The summed E-state index contributed by atoms with van der Waals surface area (Å²) in [5.74, 6) is -0.0781. The number of nitrogens with zero attached hydrogens (tertiary/aromatic N) is 2. The molecule has 2 fully saturated rings. The van der Waals surface area contributed by atoms with Crippen LogP contribution in [-0.4, -0.2) is 42.3 Å². The van der Waals surface area contributed by atoms with Crippen molar-refractivity contribution in [3.05, 3.63) is 65.2 Å². The van der Waals surface area contributed by atoms with Gasteiger partial charge in [-0.2, -0.15) is 4.99 Å². The second-order valence-electron chi connectivity index (χ2n) is 7.26. The second kappa shape index (κ2) is 7.37. The smallest absolute Gasteiger partial charge is 0.279 e.